The van der Waals surface area contributed by atoms with Crippen molar-refractivity contribution < 1.29 is 4.74 Å². The van der Waals surface area contributed by atoms with Gasteiger partial charge in [0.25, 0.3) is 0 Å². The quantitative estimate of drug-likeness (QED) is 0.916. The van der Waals surface area contributed by atoms with Gasteiger partial charge in [0.2, 0.25) is 0 Å². The lowest BCUT2D eigenvalue weighted by molar-refractivity contribution is 0.0482. The second kappa shape index (κ2) is 7.62. The van der Waals surface area contributed by atoms with Crippen molar-refractivity contribution >= 4 is 24.0 Å². The lowest BCUT2D eigenvalue weighted by atomic mass is 9.83. The molecule has 0 aliphatic heterocycles. The van der Waals surface area contributed by atoms with Gasteiger partial charge in [-0.3, -0.25) is 0 Å². The SMILES string of the molecule is CO[C@@H]1CC[C@H](c2nc(C)nn2-c2ccc(Cl)cc2)C[C@H]1N.Cl. The highest BCUT2D eigenvalue weighted by Crippen LogP contribution is 2.33. The van der Waals surface area contributed by atoms with Gasteiger partial charge in [0, 0.05) is 24.1 Å². The Morgan fingerprint density at radius 1 is 1.26 bits per heavy atom. The molecule has 0 bridgehead atoms. The minimum Gasteiger partial charge on any atom is -0.380 e. The summed E-state index contributed by atoms with van der Waals surface area (Å²) in [5.41, 5.74) is 7.21. The Kier molecular flexibility index (Phi) is 6.03. The van der Waals surface area contributed by atoms with E-state index in [-0.39, 0.29) is 24.6 Å². The molecule has 1 heterocycles. The molecule has 2 aromatic rings. The maximum absolute atomic E-state index is 6.23. The number of aryl methyl sites for hydroxylation is 1. The van der Waals surface area contributed by atoms with Crippen molar-refractivity contribution in [1.29, 1.82) is 0 Å². The van der Waals surface area contributed by atoms with Crippen LogP contribution in [0.2, 0.25) is 5.02 Å². The molecule has 1 aromatic heterocycles. The average Bonchev–Trinajstić information content (AvgIpc) is 2.90. The molecular weight excluding hydrogens is 335 g/mol. The summed E-state index contributed by atoms with van der Waals surface area (Å²) >= 11 is 5.97. The molecule has 0 spiro atoms. The van der Waals surface area contributed by atoms with Crippen LogP contribution in [-0.4, -0.2) is 34.0 Å². The third kappa shape index (κ3) is 3.86. The van der Waals surface area contributed by atoms with Gasteiger partial charge in [-0.2, -0.15) is 5.10 Å². The van der Waals surface area contributed by atoms with Crippen molar-refractivity contribution in [2.75, 3.05) is 7.11 Å². The number of rotatable bonds is 3. The smallest absolute Gasteiger partial charge is 0.148 e. The van der Waals surface area contributed by atoms with E-state index >= 15 is 0 Å². The number of hydrogen-bond donors (Lipinski definition) is 1. The maximum atomic E-state index is 6.23. The Labute approximate surface area is 147 Å². The Bertz CT molecular complexity index is 644. The van der Waals surface area contributed by atoms with Gasteiger partial charge >= 0.3 is 0 Å². The molecule has 7 heteroatoms. The lowest BCUT2D eigenvalue weighted by Gasteiger charge is -2.32. The van der Waals surface area contributed by atoms with Crippen LogP contribution in [0.3, 0.4) is 0 Å². The Hall–Kier alpha value is -1.14. The van der Waals surface area contributed by atoms with Gasteiger partial charge in [-0.1, -0.05) is 11.6 Å². The molecule has 0 radical (unpaired) electrons. The number of methoxy groups -OCH3 is 1. The molecule has 0 saturated heterocycles. The molecule has 1 aliphatic carbocycles. The van der Waals surface area contributed by atoms with Crippen molar-refractivity contribution in [1.82, 2.24) is 14.8 Å². The first-order valence-corrected chi connectivity index (χ1v) is 7.94. The van der Waals surface area contributed by atoms with Crippen molar-refractivity contribution in [3.63, 3.8) is 0 Å². The maximum Gasteiger partial charge on any atom is 0.148 e. The molecule has 1 fully saturated rings. The number of aromatic nitrogens is 3. The number of halogens is 2. The minimum atomic E-state index is 0. The fourth-order valence-corrected chi connectivity index (χ4v) is 3.30. The molecule has 3 atom stereocenters. The first-order valence-electron chi connectivity index (χ1n) is 7.56. The van der Waals surface area contributed by atoms with Crippen LogP contribution in [0.5, 0.6) is 0 Å². The summed E-state index contributed by atoms with van der Waals surface area (Å²) in [6.07, 6.45) is 2.97. The largest absolute Gasteiger partial charge is 0.380 e. The molecule has 1 saturated carbocycles. The summed E-state index contributed by atoms with van der Waals surface area (Å²) in [5, 5.41) is 5.25. The predicted octanol–water partition coefficient (Wildman–Crippen LogP) is 3.26. The average molecular weight is 357 g/mol. The van der Waals surface area contributed by atoms with E-state index in [0.717, 1.165) is 36.6 Å². The van der Waals surface area contributed by atoms with Gasteiger partial charge in [-0.25, -0.2) is 9.67 Å². The monoisotopic (exact) mass is 356 g/mol. The summed E-state index contributed by atoms with van der Waals surface area (Å²) in [6.45, 7) is 1.91. The zero-order valence-corrected chi connectivity index (χ0v) is 14.8. The molecule has 1 aliphatic rings. The number of nitrogens with zero attached hydrogens (tertiary/aromatic N) is 3. The van der Waals surface area contributed by atoms with Gasteiger partial charge in [0.05, 0.1) is 11.8 Å². The summed E-state index contributed by atoms with van der Waals surface area (Å²) in [7, 11) is 1.73. The molecular formula is C16H22Cl2N4O. The van der Waals surface area contributed by atoms with E-state index in [1.165, 1.54) is 0 Å². The fourth-order valence-electron chi connectivity index (χ4n) is 3.17. The first-order chi connectivity index (χ1) is 10.6. The van der Waals surface area contributed by atoms with Gasteiger partial charge in [0.15, 0.2) is 0 Å². The third-order valence-corrected chi connectivity index (χ3v) is 4.56. The molecule has 126 valence electrons. The summed E-state index contributed by atoms with van der Waals surface area (Å²) in [6, 6.07) is 7.69. The highest BCUT2D eigenvalue weighted by Gasteiger charge is 2.31. The van der Waals surface area contributed by atoms with Gasteiger partial charge in [0.1, 0.15) is 11.6 Å². The number of nitrogens with two attached hydrogens (primary N) is 1. The zero-order valence-electron chi connectivity index (χ0n) is 13.3. The van der Waals surface area contributed by atoms with Crippen LogP contribution in [0, 0.1) is 6.92 Å². The zero-order chi connectivity index (χ0) is 15.7. The van der Waals surface area contributed by atoms with Crippen LogP contribution in [0.1, 0.15) is 36.8 Å². The molecule has 3 rings (SSSR count). The van der Waals surface area contributed by atoms with Crippen molar-refractivity contribution in [3.05, 3.63) is 40.9 Å². The van der Waals surface area contributed by atoms with E-state index < -0.39 is 0 Å². The molecule has 0 unspecified atom stereocenters. The van der Waals surface area contributed by atoms with Crippen LogP contribution in [-0.2, 0) is 4.74 Å². The number of hydrogen-bond acceptors (Lipinski definition) is 4. The molecule has 23 heavy (non-hydrogen) atoms. The fraction of sp³-hybridized carbons (Fsp3) is 0.500. The predicted molar refractivity (Wildman–Crippen MR) is 93.7 cm³/mol. The van der Waals surface area contributed by atoms with Crippen LogP contribution < -0.4 is 5.73 Å². The van der Waals surface area contributed by atoms with Crippen LogP contribution in [0.25, 0.3) is 5.69 Å². The van der Waals surface area contributed by atoms with Crippen molar-refractivity contribution in [2.24, 2.45) is 5.73 Å². The van der Waals surface area contributed by atoms with E-state index in [1.807, 2.05) is 35.9 Å². The van der Waals surface area contributed by atoms with Gasteiger partial charge in [-0.15, -0.1) is 12.4 Å². The minimum absolute atomic E-state index is 0. The summed E-state index contributed by atoms with van der Waals surface area (Å²) in [5.74, 6) is 2.05. The Morgan fingerprint density at radius 2 is 1.96 bits per heavy atom. The Balaban J connectivity index is 0.00000192. The summed E-state index contributed by atoms with van der Waals surface area (Å²) in [4.78, 5) is 4.64. The highest BCUT2D eigenvalue weighted by atomic mass is 35.5. The molecule has 5 nitrogen and oxygen atoms in total. The van der Waals surface area contributed by atoms with E-state index in [2.05, 4.69) is 10.1 Å². The van der Waals surface area contributed by atoms with E-state index in [0.29, 0.717) is 10.9 Å². The Morgan fingerprint density at radius 3 is 2.57 bits per heavy atom. The number of ether oxygens (including phenoxy) is 1. The molecule has 1 aromatic carbocycles. The topological polar surface area (TPSA) is 66.0 Å². The van der Waals surface area contributed by atoms with E-state index in [1.54, 1.807) is 7.11 Å². The van der Waals surface area contributed by atoms with Gasteiger partial charge in [-0.05, 0) is 50.5 Å². The highest BCUT2D eigenvalue weighted by molar-refractivity contribution is 6.30. The van der Waals surface area contributed by atoms with Crippen LogP contribution in [0.4, 0.5) is 0 Å². The second-order valence-electron chi connectivity index (χ2n) is 5.85. The number of benzene rings is 1. The summed E-state index contributed by atoms with van der Waals surface area (Å²) < 4.78 is 7.35. The van der Waals surface area contributed by atoms with Crippen molar-refractivity contribution in [2.45, 2.75) is 44.2 Å². The molecule has 2 N–H and O–H groups in total. The lowest BCUT2D eigenvalue weighted by Crippen LogP contribution is -2.41. The third-order valence-electron chi connectivity index (χ3n) is 4.31. The van der Waals surface area contributed by atoms with Gasteiger partial charge < -0.3 is 10.5 Å². The van der Waals surface area contributed by atoms with E-state index in [4.69, 9.17) is 22.1 Å². The van der Waals surface area contributed by atoms with Crippen LogP contribution in [0.15, 0.2) is 24.3 Å². The first kappa shape index (κ1) is 18.2. The standard InChI is InChI=1S/C16H21ClN4O.ClH/c1-10-19-16(11-3-8-15(22-2)14(18)9-11)21(20-10)13-6-4-12(17)5-7-13;/h4-7,11,14-15H,3,8-9,18H2,1-2H3;1H/t11-,14+,15+;/m0./s1. The van der Waals surface area contributed by atoms with Crippen LogP contribution >= 0.6 is 24.0 Å². The van der Waals surface area contributed by atoms with Crippen molar-refractivity contribution in [3.8, 4) is 5.69 Å². The second-order valence-corrected chi connectivity index (χ2v) is 6.29. The molecule has 0 amide bonds. The van der Waals surface area contributed by atoms with E-state index in [9.17, 15) is 0 Å². The normalized spacial score (nSPS) is 24.3.